The number of nitrogens with zero attached hydrogens (tertiary/aromatic N) is 1. The summed E-state index contributed by atoms with van der Waals surface area (Å²) in [4.78, 5) is 28.0. The lowest BCUT2D eigenvalue weighted by Crippen LogP contribution is -2.58. The largest absolute Gasteiger partial charge is 0.494 e. The van der Waals surface area contributed by atoms with Gasteiger partial charge in [0.25, 0.3) is 5.91 Å². The molecule has 0 aromatic heterocycles. The summed E-state index contributed by atoms with van der Waals surface area (Å²) < 4.78 is 31.4. The lowest BCUT2D eigenvalue weighted by atomic mass is 9.49. The number of hydrogen-bond donors (Lipinski definition) is 3. The normalized spacial score (nSPS) is 31.6. The van der Waals surface area contributed by atoms with Gasteiger partial charge in [-0.25, -0.2) is 13.9 Å². The molecule has 6 fully saturated rings. The van der Waals surface area contributed by atoms with Crippen molar-refractivity contribution in [2.75, 3.05) is 26.2 Å². The minimum absolute atomic E-state index is 0.0427. The average Bonchev–Trinajstić information content (AvgIpc) is 3.77. The first-order chi connectivity index (χ1) is 18.7. The van der Waals surface area contributed by atoms with Crippen LogP contribution in [0.2, 0.25) is 0 Å². The summed E-state index contributed by atoms with van der Waals surface area (Å²) in [6.45, 7) is 1.99. The Balaban J connectivity index is 1.01. The van der Waals surface area contributed by atoms with Crippen LogP contribution < -0.4 is 15.5 Å². The predicted molar refractivity (Wildman–Crippen MR) is 144 cm³/mol. The Kier molecular flexibility index (Phi) is 7.17. The van der Waals surface area contributed by atoms with Crippen molar-refractivity contribution < 1.29 is 28.0 Å². The summed E-state index contributed by atoms with van der Waals surface area (Å²) >= 11 is 0. The van der Waals surface area contributed by atoms with Gasteiger partial charge in [-0.2, -0.15) is 0 Å². The third-order valence-corrected chi connectivity index (χ3v) is 12.7. The molecule has 1 aromatic rings. The molecule has 5 aliphatic carbocycles. The van der Waals surface area contributed by atoms with Gasteiger partial charge in [0.15, 0.2) is 14.6 Å². The van der Waals surface area contributed by atoms with Gasteiger partial charge in [-0.3, -0.25) is 14.8 Å². The van der Waals surface area contributed by atoms with E-state index in [-0.39, 0.29) is 29.1 Å². The van der Waals surface area contributed by atoms with Gasteiger partial charge in [-0.05, 0) is 113 Å². The molecular formula is C29H41N3O6S. The van der Waals surface area contributed by atoms with Crippen LogP contribution in [0.3, 0.4) is 0 Å². The fraction of sp³-hybridized carbons (Fsp3) is 0.724. The highest BCUT2D eigenvalue weighted by molar-refractivity contribution is 7.93. The zero-order chi connectivity index (χ0) is 27.3. The van der Waals surface area contributed by atoms with Crippen LogP contribution in [0.5, 0.6) is 5.75 Å². The number of benzene rings is 1. The van der Waals surface area contributed by atoms with Crippen molar-refractivity contribution in [2.24, 2.45) is 23.2 Å². The lowest BCUT2D eigenvalue weighted by Gasteiger charge is -2.55. The van der Waals surface area contributed by atoms with E-state index in [1.165, 1.54) is 31.4 Å². The molecule has 10 heteroatoms. The van der Waals surface area contributed by atoms with Gasteiger partial charge < -0.3 is 15.0 Å². The van der Waals surface area contributed by atoms with Crippen molar-refractivity contribution in [3.63, 3.8) is 0 Å². The van der Waals surface area contributed by atoms with Crippen LogP contribution in [-0.4, -0.2) is 67.4 Å². The minimum atomic E-state index is -4.04. The molecule has 7 rings (SSSR count). The minimum Gasteiger partial charge on any atom is -0.494 e. The van der Waals surface area contributed by atoms with Crippen LogP contribution in [0.1, 0.15) is 70.6 Å². The highest BCUT2D eigenvalue weighted by Crippen LogP contribution is 2.60. The van der Waals surface area contributed by atoms with Crippen LogP contribution >= 0.6 is 0 Å². The van der Waals surface area contributed by atoms with Gasteiger partial charge >= 0.3 is 0 Å². The summed E-state index contributed by atoms with van der Waals surface area (Å²) in [6.07, 6.45) is 10.3. The van der Waals surface area contributed by atoms with E-state index in [4.69, 9.17) is 4.74 Å². The first-order valence-electron chi connectivity index (χ1n) is 14.7. The smallest absolute Gasteiger partial charge is 0.265 e. The van der Waals surface area contributed by atoms with Crippen LogP contribution in [0, 0.1) is 23.2 Å². The third kappa shape index (κ3) is 4.97. The second-order valence-electron chi connectivity index (χ2n) is 12.8. The van der Waals surface area contributed by atoms with Gasteiger partial charge in [0.05, 0.1) is 11.5 Å². The molecule has 5 saturated carbocycles. The van der Waals surface area contributed by atoms with Crippen LogP contribution in [0.25, 0.3) is 0 Å². The predicted octanol–water partition coefficient (Wildman–Crippen LogP) is 3.06. The second kappa shape index (κ2) is 10.3. The molecule has 1 saturated heterocycles. The summed E-state index contributed by atoms with van der Waals surface area (Å²) in [5.41, 5.74) is 1.47. The summed E-state index contributed by atoms with van der Waals surface area (Å²) in [6, 6.07) is 6.64. The highest BCUT2D eigenvalue weighted by atomic mass is 32.2. The monoisotopic (exact) mass is 559 g/mol. The number of ether oxygens (including phenoxy) is 1. The van der Waals surface area contributed by atoms with Gasteiger partial charge in [0.2, 0.25) is 5.91 Å². The molecular weight excluding hydrogens is 518 g/mol. The van der Waals surface area contributed by atoms with Crippen molar-refractivity contribution in [2.45, 2.75) is 86.3 Å². The number of hydroxylamine groups is 1. The van der Waals surface area contributed by atoms with E-state index in [1.54, 1.807) is 17.6 Å². The maximum atomic E-state index is 13.6. The Morgan fingerprint density at radius 2 is 1.54 bits per heavy atom. The number of nitrogens with one attached hydrogen (secondary N) is 2. The van der Waals surface area contributed by atoms with Crippen LogP contribution in [0.4, 0.5) is 0 Å². The number of rotatable bonds is 10. The number of sulfone groups is 1. The van der Waals surface area contributed by atoms with Gasteiger partial charge in [-0.1, -0.05) is 0 Å². The molecule has 9 nitrogen and oxygen atoms in total. The Morgan fingerprint density at radius 1 is 0.949 bits per heavy atom. The van der Waals surface area contributed by atoms with Crippen molar-refractivity contribution in [3.8, 4) is 5.75 Å². The van der Waals surface area contributed by atoms with E-state index in [0.29, 0.717) is 44.5 Å². The van der Waals surface area contributed by atoms with Crippen LogP contribution in [-0.2, 0) is 19.4 Å². The molecule has 3 N–H and O–H groups in total. The molecule has 0 unspecified atom stereocenters. The molecule has 1 aromatic carbocycles. The van der Waals surface area contributed by atoms with Crippen molar-refractivity contribution in [3.05, 3.63) is 24.3 Å². The molecule has 4 bridgehead atoms. The molecule has 39 heavy (non-hydrogen) atoms. The third-order valence-electron chi connectivity index (χ3n) is 10.2. The van der Waals surface area contributed by atoms with E-state index >= 15 is 0 Å². The number of amides is 2. The van der Waals surface area contributed by atoms with E-state index in [2.05, 4.69) is 10.2 Å². The standard InChI is InChI=1S/C29H41N3O6S/c33-26(28-17-20-14-21(18-28)16-22(15-20)19-28)30-10-1-13-38-24-4-6-25(7-5-24)39(36,37)29(27(34)31-35)8-11-32(12-9-29)23-2-3-23/h4-7,20-23,35H,1-3,8-19H2,(H,30,33)(H,31,34). The maximum absolute atomic E-state index is 13.6. The molecule has 1 heterocycles. The number of hydrogen-bond acceptors (Lipinski definition) is 7. The highest BCUT2D eigenvalue weighted by Gasteiger charge is 2.55. The van der Waals surface area contributed by atoms with Crippen molar-refractivity contribution in [1.82, 2.24) is 15.7 Å². The van der Waals surface area contributed by atoms with Gasteiger partial charge in [0.1, 0.15) is 5.75 Å². The average molecular weight is 560 g/mol. The van der Waals surface area contributed by atoms with E-state index in [0.717, 1.165) is 49.9 Å². The molecule has 0 spiro atoms. The first-order valence-corrected chi connectivity index (χ1v) is 16.2. The summed E-state index contributed by atoms with van der Waals surface area (Å²) in [5.74, 6) is 2.10. The van der Waals surface area contributed by atoms with E-state index < -0.39 is 20.5 Å². The molecule has 0 radical (unpaired) electrons. The summed E-state index contributed by atoms with van der Waals surface area (Å²) in [5, 5.41) is 12.5. The van der Waals surface area contributed by atoms with E-state index in [9.17, 15) is 23.2 Å². The Bertz CT molecular complexity index is 1150. The molecule has 2 amide bonds. The van der Waals surface area contributed by atoms with Crippen molar-refractivity contribution in [1.29, 1.82) is 0 Å². The number of likely N-dealkylation sites (tertiary alicyclic amines) is 1. The number of carbonyl (C=O) groups excluding carboxylic acids is 2. The lowest BCUT2D eigenvalue weighted by molar-refractivity contribution is -0.146. The fourth-order valence-corrected chi connectivity index (χ4v) is 10.3. The second-order valence-corrected chi connectivity index (χ2v) is 15.1. The van der Waals surface area contributed by atoms with Gasteiger partial charge in [-0.15, -0.1) is 0 Å². The fourth-order valence-electron chi connectivity index (χ4n) is 8.39. The zero-order valence-corrected chi connectivity index (χ0v) is 23.4. The Hall–Kier alpha value is -2.17. The topological polar surface area (TPSA) is 125 Å². The quantitative estimate of drug-likeness (QED) is 0.229. The van der Waals surface area contributed by atoms with E-state index in [1.807, 2.05) is 0 Å². The first kappa shape index (κ1) is 27.0. The van der Waals surface area contributed by atoms with Crippen LogP contribution in [0.15, 0.2) is 29.2 Å². The number of carbonyl (C=O) groups is 2. The van der Waals surface area contributed by atoms with Gasteiger partial charge in [0, 0.05) is 31.1 Å². The Labute approximate surface area is 230 Å². The molecule has 1 aliphatic heterocycles. The Morgan fingerprint density at radius 3 is 2.08 bits per heavy atom. The van der Waals surface area contributed by atoms with Crippen molar-refractivity contribution >= 4 is 21.7 Å². The molecule has 214 valence electrons. The summed E-state index contributed by atoms with van der Waals surface area (Å²) in [7, 11) is -4.04. The maximum Gasteiger partial charge on any atom is 0.265 e. The number of piperidine rings is 1. The molecule has 6 aliphatic rings. The zero-order valence-electron chi connectivity index (χ0n) is 22.6. The molecule has 0 atom stereocenters. The SMILES string of the molecule is O=C(NCCCOc1ccc(S(=O)(=O)C2(C(=O)NO)CCN(C3CC3)CC2)cc1)C12CC3CC(CC(C3)C1)C2.